The van der Waals surface area contributed by atoms with Crippen LogP contribution in [0.5, 0.6) is 5.75 Å². The zero-order valence-corrected chi connectivity index (χ0v) is 11.5. The van der Waals surface area contributed by atoms with Crippen molar-refractivity contribution in [2.45, 2.75) is 12.8 Å². The van der Waals surface area contributed by atoms with Gasteiger partial charge in [0.1, 0.15) is 5.75 Å². The number of carbonyl (C=O) groups is 1. The van der Waals surface area contributed by atoms with Crippen LogP contribution in [0.15, 0.2) is 36.8 Å². The number of nitrogens with one attached hydrogen (secondary N) is 1. The van der Waals surface area contributed by atoms with E-state index in [0.29, 0.717) is 5.69 Å². The van der Waals surface area contributed by atoms with Gasteiger partial charge in [-0.15, -0.1) is 0 Å². The first-order valence-corrected chi connectivity index (χ1v) is 6.90. The van der Waals surface area contributed by atoms with Crippen LogP contribution in [0.1, 0.15) is 23.3 Å². The molecule has 1 amide bonds. The summed E-state index contributed by atoms with van der Waals surface area (Å²) in [5, 5.41) is 12.5. The second kappa shape index (κ2) is 5.78. The first-order chi connectivity index (χ1) is 10.3. The Labute approximate surface area is 122 Å². The van der Waals surface area contributed by atoms with E-state index in [0.717, 1.165) is 31.6 Å². The summed E-state index contributed by atoms with van der Waals surface area (Å²) in [5.74, 6) is -0.580. The molecule has 0 radical (unpaired) electrons. The molecule has 6 heteroatoms. The number of hydrogen-bond donors (Lipinski definition) is 2. The molecule has 0 unspecified atom stereocenters. The van der Waals surface area contributed by atoms with E-state index in [4.69, 9.17) is 0 Å². The minimum absolute atomic E-state index is 0.00808. The van der Waals surface area contributed by atoms with E-state index < -0.39 is 5.91 Å². The molecular weight excluding hydrogens is 268 g/mol. The summed E-state index contributed by atoms with van der Waals surface area (Å²) in [7, 11) is 0. The summed E-state index contributed by atoms with van der Waals surface area (Å²) in [6.45, 7) is 1.95. The van der Waals surface area contributed by atoms with Crippen LogP contribution < -0.4 is 10.2 Å². The molecule has 0 saturated carbocycles. The Balaban J connectivity index is 1.85. The maximum absolute atomic E-state index is 12.2. The van der Waals surface area contributed by atoms with Crippen molar-refractivity contribution in [2.24, 2.45) is 0 Å². The number of amides is 1. The highest BCUT2D eigenvalue weighted by atomic mass is 16.3. The molecule has 3 heterocycles. The lowest BCUT2D eigenvalue weighted by molar-refractivity contribution is 0.101. The molecule has 1 saturated heterocycles. The number of carbonyl (C=O) groups excluding carboxylic acids is 1. The minimum Gasteiger partial charge on any atom is -0.505 e. The zero-order valence-electron chi connectivity index (χ0n) is 11.5. The number of aromatic nitrogens is 2. The number of nitrogens with zero attached hydrogens (tertiary/aromatic N) is 3. The summed E-state index contributed by atoms with van der Waals surface area (Å²) in [6.07, 6.45) is 7.10. The standard InChI is InChI=1S/C15H16N4O2/c20-13-4-3-6-17-14(13)15(21)18-11-10-16-7-5-12(11)19-8-1-2-9-19/h3-7,10,20H,1-2,8-9H2,(H,18,21). The van der Waals surface area contributed by atoms with E-state index in [-0.39, 0.29) is 11.4 Å². The molecule has 2 aromatic heterocycles. The van der Waals surface area contributed by atoms with Gasteiger partial charge in [-0.3, -0.25) is 9.78 Å². The summed E-state index contributed by atoms with van der Waals surface area (Å²) in [4.78, 5) is 22.4. The molecule has 0 spiro atoms. The summed E-state index contributed by atoms with van der Waals surface area (Å²) in [6, 6.07) is 4.90. The second-order valence-electron chi connectivity index (χ2n) is 4.91. The number of pyridine rings is 2. The van der Waals surface area contributed by atoms with Crippen molar-refractivity contribution in [3.8, 4) is 5.75 Å². The molecule has 21 heavy (non-hydrogen) atoms. The highest BCUT2D eigenvalue weighted by Gasteiger charge is 2.19. The highest BCUT2D eigenvalue weighted by Crippen LogP contribution is 2.28. The van der Waals surface area contributed by atoms with Crippen molar-refractivity contribution < 1.29 is 9.90 Å². The minimum atomic E-state index is -0.443. The van der Waals surface area contributed by atoms with Gasteiger partial charge in [-0.2, -0.15) is 0 Å². The van der Waals surface area contributed by atoms with Gasteiger partial charge >= 0.3 is 0 Å². The van der Waals surface area contributed by atoms with Gasteiger partial charge in [0.2, 0.25) is 0 Å². The number of anilines is 2. The molecule has 0 aliphatic carbocycles. The van der Waals surface area contributed by atoms with Crippen LogP contribution in [0.2, 0.25) is 0 Å². The highest BCUT2D eigenvalue weighted by molar-refractivity contribution is 6.06. The fourth-order valence-corrected chi connectivity index (χ4v) is 2.47. The van der Waals surface area contributed by atoms with E-state index in [9.17, 15) is 9.90 Å². The average molecular weight is 284 g/mol. The molecule has 6 nitrogen and oxygen atoms in total. The van der Waals surface area contributed by atoms with Gasteiger partial charge in [-0.05, 0) is 31.0 Å². The second-order valence-corrected chi connectivity index (χ2v) is 4.91. The molecule has 0 atom stereocenters. The lowest BCUT2D eigenvalue weighted by Gasteiger charge is -2.21. The number of hydrogen-bond acceptors (Lipinski definition) is 5. The van der Waals surface area contributed by atoms with Crippen LogP contribution in [0.4, 0.5) is 11.4 Å². The van der Waals surface area contributed by atoms with E-state index in [2.05, 4.69) is 20.2 Å². The van der Waals surface area contributed by atoms with E-state index in [1.54, 1.807) is 18.5 Å². The molecule has 2 aromatic rings. The third-order valence-electron chi connectivity index (χ3n) is 3.49. The van der Waals surface area contributed by atoms with Crippen LogP contribution >= 0.6 is 0 Å². The largest absolute Gasteiger partial charge is 0.505 e. The Morgan fingerprint density at radius 2 is 2.05 bits per heavy atom. The lowest BCUT2D eigenvalue weighted by Crippen LogP contribution is -2.21. The summed E-state index contributed by atoms with van der Waals surface area (Å²) in [5.41, 5.74) is 1.59. The van der Waals surface area contributed by atoms with E-state index in [1.807, 2.05) is 6.07 Å². The Bertz CT molecular complexity index is 654. The van der Waals surface area contributed by atoms with Crippen molar-refractivity contribution >= 4 is 17.3 Å². The fraction of sp³-hybridized carbons (Fsp3) is 0.267. The van der Waals surface area contributed by atoms with Crippen LogP contribution in [-0.4, -0.2) is 34.1 Å². The Morgan fingerprint density at radius 3 is 2.81 bits per heavy atom. The number of aromatic hydroxyl groups is 1. The Morgan fingerprint density at radius 1 is 1.24 bits per heavy atom. The smallest absolute Gasteiger partial charge is 0.278 e. The van der Waals surface area contributed by atoms with Crippen LogP contribution in [0.3, 0.4) is 0 Å². The van der Waals surface area contributed by atoms with Crippen molar-refractivity contribution in [1.82, 2.24) is 9.97 Å². The molecular formula is C15H16N4O2. The molecule has 108 valence electrons. The molecule has 3 rings (SSSR count). The van der Waals surface area contributed by atoms with Crippen molar-refractivity contribution in [3.05, 3.63) is 42.5 Å². The maximum Gasteiger partial charge on any atom is 0.278 e. The van der Waals surface area contributed by atoms with Crippen LogP contribution in [0, 0.1) is 0 Å². The van der Waals surface area contributed by atoms with Crippen LogP contribution in [0.25, 0.3) is 0 Å². The fourth-order valence-electron chi connectivity index (χ4n) is 2.47. The molecule has 1 aliphatic rings. The van der Waals surface area contributed by atoms with E-state index in [1.165, 1.54) is 12.3 Å². The predicted molar refractivity (Wildman–Crippen MR) is 79.5 cm³/mol. The Kier molecular flexibility index (Phi) is 3.68. The van der Waals surface area contributed by atoms with Crippen molar-refractivity contribution in [2.75, 3.05) is 23.3 Å². The van der Waals surface area contributed by atoms with Gasteiger partial charge < -0.3 is 15.3 Å². The third kappa shape index (κ3) is 2.79. The van der Waals surface area contributed by atoms with Gasteiger partial charge in [0, 0.05) is 25.5 Å². The van der Waals surface area contributed by atoms with Gasteiger partial charge in [0.25, 0.3) is 5.91 Å². The third-order valence-corrected chi connectivity index (χ3v) is 3.49. The van der Waals surface area contributed by atoms with E-state index >= 15 is 0 Å². The maximum atomic E-state index is 12.2. The van der Waals surface area contributed by atoms with Crippen molar-refractivity contribution in [1.29, 1.82) is 0 Å². The monoisotopic (exact) mass is 284 g/mol. The van der Waals surface area contributed by atoms with Gasteiger partial charge in [-0.1, -0.05) is 0 Å². The van der Waals surface area contributed by atoms with Gasteiger partial charge in [-0.25, -0.2) is 4.98 Å². The normalized spacial score (nSPS) is 14.2. The molecule has 1 fully saturated rings. The molecule has 0 aromatic carbocycles. The van der Waals surface area contributed by atoms with Crippen molar-refractivity contribution in [3.63, 3.8) is 0 Å². The Hall–Kier alpha value is -2.63. The molecule has 0 bridgehead atoms. The predicted octanol–water partition coefficient (Wildman–Crippen LogP) is 2.03. The quantitative estimate of drug-likeness (QED) is 0.901. The van der Waals surface area contributed by atoms with Crippen LogP contribution in [-0.2, 0) is 0 Å². The average Bonchev–Trinajstić information content (AvgIpc) is 3.02. The van der Waals surface area contributed by atoms with Gasteiger partial charge in [0.05, 0.1) is 17.6 Å². The first kappa shape index (κ1) is 13.4. The summed E-state index contributed by atoms with van der Waals surface area (Å²) >= 11 is 0. The molecule has 2 N–H and O–H groups in total. The number of rotatable bonds is 3. The summed E-state index contributed by atoms with van der Waals surface area (Å²) < 4.78 is 0. The topological polar surface area (TPSA) is 78.4 Å². The SMILES string of the molecule is O=C(Nc1cnccc1N1CCCC1)c1ncccc1O. The zero-order chi connectivity index (χ0) is 14.7. The lowest BCUT2D eigenvalue weighted by atomic mass is 10.2. The van der Waals surface area contributed by atoms with Gasteiger partial charge in [0.15, 0.2) is 5.69 Å². The first-order valence-electron chi connectivity index (χ1n) is 6.90. The molecule has 1 aliphatic heterocycles.